The van der Waals surface area contributed by atoms with Crippen molar-refractivity contribution < 1.29 is 27.8 Å². The Bertz CT molecular complexity index is 1090. The van der Waals surface area contributed by atoms with Gasteiger partial charge in [-0.2, -0.15) is 0 Å². The molecular weight excluding hydrogens is 402 g/mol. The van der Waals surface area contributed by atoms with E-state index in [1.807, 2.05) is 32.9 Å². The van der Waals surface area contributed by atoms with Crippen molar-refractivity contribution in [3.05, 3.63) is 63.9 Å². The fourth-order valence-electron chi connectivity index (χ4n) is 3.69. The highest BCUT2D eigenvalue weighted by molar-refractivity contribution is 5.82. The third-order valence-corrected chi connectivity index (χ3v) is 5.59. The molecule has 0 spiro atoms. The molecule has 3 rings (SSSR count). The molecular formula is C25H28F2O4. The summed E-state index contributed by atoms with van der Waals surface area (Å²) in [5.41, 5.74) is 3.91. The van der Waals surface area contributed by atoms with Crippen LogP contribution in [0.1, 0.15) is 60.3 Å². The van der Waals surface area contributed by atoms with Gasteiger partial charge in [0.1, 0.15) is 23.7 Å². The summed E-state index contributed by atoms with van der Waals surface area (Å²) in [5.74, 6) is -2.40. The van der Waals surface area contributed by atoms with Gasteiger partial charge in [-0.05, 0) is 67.6 Å². The highest BCUT2D eigenvalue weighted by atomic mass is 19.3. The van der Waals surface area contributed by atoms with Crippen molar-refractivity contribution in [2.24, 2.45) is 0 Å². The zero-order chi connectivity index (χ0) is 22.8. The number of ether oxygens (including phenoxy) is 1. The molecule has 0 aliphatic carbocycles. The molecule has 0 amide bonds. The quantitative estimate of drug-likeness (QED) is 0.410. The first-order chi connectivity index (χ1) is 14.6. The largest absolute Gasteiger partial charge is 0.488 e. The lowest BCUT2D eigenvalue weighted by Crippen LogP contribution is -2.08. The molecule has 1 heterocycles. The van der Waals surface area contributed by atoms with E-state index in [2.05, 4.69) is 0 Å². The number of hydrogen-bond donors (Lipinski definition) is 1. The standard InChI is InChI=1S/C25H28F2O4/c1-5-6-21-13-18-11-20(25(4,26)27)12-19(24(18)31-21)14-30-22-9-7-17(8-10-23(28)29)15(2)16(22)3/h7,9,11-13H,5-6,8,10,14H2,1-4H3,(H,28,29). The Kier molecular flexibility index (Phi) is 6.68. The zero-order valence-corrected chi connectivity index (χ0v) is 18.4. The van der Waals surface area contributed by atoms with Gasteiger partial charge in [0.15, 0.2) is 0 Å². The maximum Gasteiger partial charge on any atom is 0.303 e. The van der Waals surface area contributed by atoms with Crippen LogP contribution in [0.25, 0.3) is 11.0 Å². The summed E-state index contributed by atoms with van der Waals surface area (Å²) in [5, 5.41) is 9.57. The minimum Gasteiger partial charge on any atom is -0.488 e. The van der Waals surface area contributed by atoms with Gasteiger partial charge >= 0.3 is 5.97 Å². The molecule has 0 unspecified atom stereocenters. The van der Waals surface area contributed by atoms with Crippen LogP contribution in [0.15, 0.2) is 34.7 Å². The first kappa shape index (κ1) is 22.8. The topological polar surface area (TPSA) is 59.7 Å². The van der Waals surface area contributed by atoms with Crippen LogP contribution in [0, 0.1) is 13.8 Å². The summed E-state index contributed by atoms with van der Waals surface area (Å²) in [6.07, 6.45) is 2.15. The van der Waals surface area contributed by atoms with Crippen molar-refractivity contribution in [3.8, 4) is 5.75 Å². The summed E-state index contributed by atoms with van der Waals surface area (Å²) in [4.78, 5) is 10.9. The molecule has 3 aromatic rings. The van der Waals surface area contributed by atoms with Gasteiger partial charge in [0.25, 0.3) is 5.92 Å². The van der Waals surface area contributed by atoms with Gasteiger partial charge in [-0.25, -0.2) is 8.78 Å². The van der Waals surface area contributed by atoms with Crippen molar-refractivity contribution in [2.75, 3.05) is 0 Å². The number of benzene rings is 2. The highest BCUT2D eigenvalue weighted by Crippen LogP contribution is 2.34. The second kappa shape index (κ2) is 9.08. The van der Waals surface area contributed by atoms with Crippen LogP contribution < -0.4 is 4.74 Å². The van der Waals surface area contributed by atoms with Crippen LogP contribution in [0.5, 0.6) is 5.75 Å². The predicted molar refractivity (Wildman–Crippen MR) is 116 cm³/mol. The molecule has 0 fully saturated rings. The Morgan fingerprint density at radius 3 is 2.48 bits per heavy atom. The molecule has 0 bridgehead atoms. The number of rotatable bonds is 9. The average molecular weight is 430 g/mol. The molecule has 0 saturated heterocycles. The Hall–Kier alpha value is -2.89. The van der Waals surface area contributed by atoms with Gasteiger partial charge in [0.2, 0.25) is 0 Å². The summed E-state index contributed by atoms with van der Waals surface area (Å²) < 4.78 is 40.1. The lowest BCUT2D eigenvalue weighted by molar-refractivity contribution is -0.136. The molecule has 4 nitrogen and oxygen atoms in total. The molecule has 1 aromatic heterocycles. The molecule has 6 heteroatoms. The minimum absolute atomic E-state index is 0.0646. The van der Waals surface area contributed by atoms with E-state index in [4.69, 9.17) is 14.3 Å². The van der Waals surface area contributed by atoms with Gasteiger partial charge in [-0.15, -0.1) is 0 Å². The summed E-state index contributed by atoms with van der Waals surface area (Å²) >= 11 is 0. The number of furan rings is 1. The average Bonchev–Trinajstić information content (AvgIpc) is 3.10. The Balaban J connectivity index is 1.90. The Morgan fingerprint density at radius 2 is 1.84 bits per heavy atom. The molecule has 31 heavy (non-hydrogen) atoms. The summed E-state index contributed by atoms with van der Waals surface area (Å²) in [7, 11) is 0. The Morgan fingerprint density at radius 1 is 1.10 bits per heavy atom. The molecule has 1 N–H and O–H groups in total. The fourth-order valence-corrected chi connectivity index (χ4v) is 3.69. The van der Waals surface area contributed by atoms with Crippen molar-refractivity contribution in [1.29, 1.82) is 0 Å². The van der Waals surface area contributed by atoms with E-state index < -0.39 is 11.9 Å². The number of carbonyl (C=O) groups is 1. The van der Waals surface area contributed by atoms with Gasteiger partial charge in [-0.1, -0.05) is 13.0 Å². The molecule has 166 valence electrons. The number of hydrogen-bond acceptors (Lipinski definition) is 3. The summed E-state index contributed by atoms with van der Waals surface area (Å²) in [6, 6.07) is 8.42. The van der Waals surface area contributed by atoms with E-state index >= 15 is 0 Å². The van der Waals surface area contributed by atoms with Gasteiger partial charge in [0, 0.05) is 36.3 Å². The van der Waals surface area contributed by atoms with E-state index in [0.717, 1.165) is 42.2 Å². The molecule has 0 aliphatic rings. The predicted octanol–water partition coefficient (Wildman–Crippen LogP) is 6.71. The Labute approximate surface area is 180 Å². The number of carboxylic acids is 1. The van der Waals surface area contributed by atoms with E-state index in [0.29, 0.717) is 28.7 Å². The van der Waals surface area contributed by atoms with Crippen LogP contribution in [0.4, 0.5) is 8.78 Å². The van der Waals surface area contributed by atoms with E-state index in [9.17, 15) is 13.6 Å². The van der Waals surface area contributed by atoms with Crippen LogP contribution in [0.3, 0.4) is 0 Å². The number of halogens is 2. The number of alkyl halides is 2. The maximum atomic E-state index is 14.1. The highest BCUT2D eigenvalue weighted by Gasteiger charge is 2.26. The van der Waals surface area contributed by atoms with Crippen molar-refractivity contribution >= 4 is 16.9 Å². The van der Waals surface area contributed by atoms with E-state index in [1.54, 1.807) is 6.07 Å². The van der Waals surface area contributed by atoms with Gasteiger partial charge in [-0.3, -0.25) is 4.79 Å². The maximum absolute atomic E-state index is 14.1. The van der Waals surface area contributed by atoms with Crippen molar-refractivity contribution in [3.63, 3.8) is 0 Å². The van der Waals surface area contributed by atoms with Crippen LogP contribution in [0.2, 0.25) is 0 Å². The molecule has 0 atom stereocenters. The van der Waals surface area contributed by atoms with Crippen molar-refractivity contribution in [1.82, 2.24) is 0 Å². The summed E-state index contributed by atoms with van der Waals surface area (Å²) in [6.45, 7) is 6.85. The van der Waals surface area contributed by atoms with E-state index in [-0.39, 0.29) is 18.6 Å². The van der Waals surface area contributed by atoms with Crippen LogP contribution in [-0.2, 0) is 30.2 Å². The third-order valence-electron chi connectivity index (χ3n) is 5.59. The van der Waals surface area contributed by atoms with E-state index in [1.165, 1.54) is 12.1 Å². The first-order valence-electron chi connectivity index (χ1n) is 10.5. The molecule has 0 radical (unpaired) electrons. The molecule has 0 saturated carbocycles. The number of fused-ring (bicyclic) bond motifs is 1. The second-order valence-corrected chi connectivity index (χ2v) is 8.06. The monoisotopic (exact) mass is 430 g/mol. The normalized spacial score (nSPS) is 11.8. The van der Waals surface area contributed by atoms with Crippen LogP contribution in [-0.4, -0.2) is 11.1 Å². The zero-order valence-electron chi connectivity index (χ0n) is 18.4. The van der Waals surface area contributed by atoms with Gasteiger partial charge < -0.3 is 14.3 Å². The smallest absolute Gasteiger partial charge is 0.303 e. The number of aliphatic carboxylic acids is 1. The fraction of sp³-hybridized carbons (Fsp3) is 0.400. The number of aryl methyl sites for hydroxylation is 2. The minimum atomic E-state index is -2.97. The first-order valence-corrected chi connectivity index (χ1v) is 10.5. The lowest BCUT2D eigenvalue weighted by atomic mass is 9.99. The third kappa shape index (κ3) is 5.24. The van der Waals surface area contributed by atoms with Crippen LogP contribution >= 0.6 is 0 Å². The second-order valence-electron chi connectivity index (χ2n) is 8.06. The van der Waals surface area contributed by atoms with Gasteiger partial charge in [0.05, 0.1) is 0 Å². The SMILES string of the molecule is CCCc1cc2cc(C(C)(F)F)cc(COc3ccc(CCC(=O)O)c(C)c3C)c2o1. The molecule has 2 aromatic carbocycles. The lowest BCUT2D eigenvalue weighted by Gasteiger charge is -2.16. The van der Waals surface area contributed by atoms with Crippen molar-refractivity contribution in [2.45, 2.75) is 65.9 Å². The molecule has 0 aliphatic heterocycles. The number of carboxylic acid groups (broad SMARTS) is 1.